The number of carbonyl (C=O) groups excluding carboxylic acids is 2. The molecule has 0 aliphatic carbocycles. The molecule has 1 heterocycles. The molecule has 0 amide bonds. The van der Waals surface area contributed by atoms with Gasteiger partial charge < -0.3 is 28.4 Å². The molecular weight excluding hydrogens is 560 g/mol. The fourth-order valence-corrected chi connectivity index (χ4v) is 5.46. The highest BCUT2D eigenvalue weighted by atomic mass is 16.7. The first-order valence-corrected chi connectivity index (χ1v) is 16.9. The summed E-state index contributed by atoms with van der Waals surface area (Å²) in [5.41, 5.74) is 0.941. The van der Waals surface area contributed by atoms with Crippen LogP contribution in [-0.2, 0) is 38.0 Å². The Morgan fingerprint density at radius 3 is 2.23 bits per heavy atom. The van der Waals surface area contributed by atoms with Crippen molar-refractivity contribution in [3.05, 3.63) is 36.0 Å². The fourth-order valence-electron chi connectivity index (χ4n) is 5.46. The summed E-state index contributed by atoms with van der Waals surface area (Å²) in [6.45, 7) is 18.0. The lowest BCUT2D eigenvalue weighted by molar-refractivity contribution is -0.205. The van der Waals surface area contributed by atoms with Gasteiger partial charge in [-0.2, -0.15) is 0 Å². The zero-order valence-electron chi connectivity index (χ0n) is 29.0. The summed E-state index contributed by atoms with van der Waals surface area (Å²) in [5.74, 6) is -1.16. The van der Waals surface area contributed by atoms with Crippen molar-refractivity contribution in [1.82, 2.24) is 0 Å². The van der Waals surface area contributed by atoms with Gasteiger partial charge in [0.2, 0.25) is 0 Å². The van der Waals surface area contributed by atoms with Crippen LogP contribution < -0.4 is 0 Å². The van der Waals surface area contributed by atoms with Gasteiger partial charge in [-0.05, 0) is 59.1 Å². The predicted molar refractivity (Wildman–Crippen MR) is 175 cm³/mol. The molecule has 0 aromatic rings. The van der Waals surface area contributed by atoms with E-state index in [-0.39, 0.29) is 30.2 Å². The minimum absolute atomic E-state index is 0.0271. The van der Waals surface area contributed by atoms with Gasteiger partial charge in [0.05, 0.1) is 18.6 Å². The van der Waals surface area contributed by atoms with Crippen LogP contribution in [0.5, 0.6) is 0 Å². The second-order valence-corrected chi connectivity index (χ2v) is 11.9. The van der Waals surface area contributed by atoms with Gasteiger partial charge in [-0.3, -0.25) is 9.59 Å². The van der Waals surface area contributed by atoms with Gasteiger partial charge in [0.1, 0.15) is 12.2 Å². The molecular formula is C36H62O8. The van der Waals surface area contributed by atoms with Gasteiger partial charge in [-0.25, -0.2) is 0 Å². The van der Waals surface area contributed by atoms with Crippen LogP contribution in [0, 0.1) is 11.8 Å². The number of cyclic esters (lactones) is 1. The summed E-state index contributed by atoms with van der Waals surface area (Å²) in [5, 5.41) is 0. The number of carbonyl (C=O) groups is 2. The van der Waals surface area contributed by atoms with Gasteiger partial charge in [0, 0.05) is 38.4 Å². The van der Waals surface area contributed by atoms with E-state index in [4.69, 9.17) is 28.4 Å². The molecule has 1 aliphatic heterocycles. The van der Waals surface area contributed by atoms with Crippen LogP contribution >= 0.6 is 0 Å². The molecule has 0 aromatic heterocycles. The normalized spacial score (nSPS) is 27.7. The molecule has 0 spiro atoms. The maximum atomic E-state index is 13.4. The Morgan fingerprint density at radius 2 is 1.59 bits per heavy atom. The Kier molecular flexibility index (Phi) is 21.2. The molecule has 8 nitrogen and oxygen atoms in total. The Balaban J connectivity index is 3.29. The van der Waals surface area contributed by atoms with Crippen LogP contribution in [0.4, 0.5) is 0 Å². The molecule has 0 fully saturated rings. The Morgan fingerprint density at radius 1 is 0.955 bits per heavy atom. The molecule has 0 saturated carbocycles. The van der Waals surface area contributed by atoms with E-state index in [2.05, 4.69) is 19.1 Å². The maximum absolute atomic E-state index is 13.4. The first-order valence-electron chi connectivity index (χ1n) is 16.9. The number of allylic oxidation sites excluding steroid dienone is 3. The number of unbranched alkanes of at least 4 members (excludes halogenated alkanes) is 6. The summed E-state index contributed by atoms with van der Waals surface area (Å²) >= 11 is 0. The summed E-state index contributed by atoms with van der Waals surface area (Å²) in [7, 11) is 0. The van der Waals surface area contributed by atoms with Crippen LogP contribution in [0.3, 0.4) is 0 Å². The average Bonchev–Trinajstić information content (AvgIpc) is 2.95. The third-order valence-electron chi connectivity index (χ3n) is 7.86. The number of rotatable bonds is 18. The molecule has 0 N–H and O–H groups in total. The van der Waals surface area contributed by atoms with E-state index in [0.717, 1.165) is 12.0 Å². The average molecular weight is 623 g/mol. The van der Waals surface area contributed by atoms with E-state index < -0.39 is 37.0 Å². The van der Waals surface area contributed by atoms with Crippen LogP contribution in [0.1, 0.15) is 120 Å². The van der Waals surface area contributed by atoms with Crippen LogP contribution in [-0.4, -0.2) is 62.1 Å². The summed E-state index contributed by atoms with van der Waals surface area (Å²) in [6, 6.07) is 0. The third-order valence-corrected chi connectivity index (χ3v) is 7.86. The highest BCUT2D eigenvalue weighted by Crippen LogP contribution is 2.28. The van der Waals surface area contributed by atoms with Crippen LogP contribution in [0.2, 0.25) is 0 Å². The monoisotopic (exact) mass is 622 g/mol. The van der Waals surface area contributed by atoms with Gasteiger partial charge in [0.25, 0.3) is 0 Å². The molecule has 0 radical (unpaired) electrons. The zero-order valence-corrected chi connectivity index (χ0v) is 29.0. The SMILES string of the molecule is CCCCCCCCC=C/C=C(\C)C1OC(=O)CC(OC(C)OCC)CC(OC(C)OCC)C(C)C(OC(C)=O)/C=C/C1C. The van der Waals surface area contributed by atoms with Crippen molar-refractivity contribution in [1.29, 1.82) is 0 Å². The van der Waals surface area contributed by atoms with Crippen molar-refractivity contribution < 1.29 is 38.0 Å². The Labute approximate surface area is 267 Å². The fraction of sp³-hybridized carbons (Fsp3) is 0.778. The highest BCUT2D eigenvalue weighted by Gasteiger charge is 2.34. The smallest absolute Gasteiger partial charge is 0.309 e. The van der Waals surface area contributed by atoms with E-state index in [0.29, 0.717) is 19.6 Å². The van der Waals surface area contributed by atoms with E-state index in [9.17, 15) is 9.59 Å². The van der Waals surface area contributed by atoms with Crippen LogP contribution in [0.25, 0.3) is 0 Å². The number of esters is 2. The topological polar surface area (TPSA) is 89.5 Å². The van der Waals surface area contributed by atoms with E-state index >= 15 is 0 Å². The molecule has 8 atom stereocenters. The largest absolute Gasteiger partial charge is 0.458 e. The van der Waals surface area contributed by atoms with Crippen molar-refractivity contribution in [3.63, 3.8) is 0 Å². The van der Waals surface area contributed by atoms with E-state index in [1.807, 2.05) is 66.7 Å². The van der Waals surface area contributed by atoms with Crippen molar-refractivity contribution in [2.45, 2.75) is 157 Å². The van der Waals surface area contributed by atoms with Gasteiger partial charge in [-0.15, -0.1) is 0 Å². The van der Waals surface area contributed by atoms with Gasteiger partial charge >= 0.3 is 11.9 Å². The lowest BCUT2D eigenvalue weighted by Gasteiger charge is -2.35. The van der Waals surface area contributed by atoms with E-state index in [1.165, 1.54) is 45.4 Å². The number of ether oxygens (including phenoxy) is 6. The molecule has 0 aromatic carbocycles. The minimum Gasteiger partial charge on any atom is -0.458 e. The predicted octanol–water partition coefficient (Wildman–Crippen LogP) is 8.24. The summed E-state index contributed by atoms with van der Waals surface area (Å²) < 4.78 is 35.7. The van der Waals surface area contributed by atoms with Crippen molar-refractivity contribution >= 4 is 11.9 Å². The van der Waals surface area contributed by atoms with Gasteiger partial charge in [0.15, 0.2) is 12.6 Å². The molecule has 1 rings (SSSR count). The molecule has 0 bridgehead atoms. The molecule has 44 heavy (non-hydrogen) atoms. The van der Waals surface area contributed by atoms with Crippen molar-refractivity contribution in [3.8, 4) is 0 Å². The standard InChI is InChI=1S/C36H62O8/c1-10-13-14-15-16-17-18-19-20-21-26(4)36-27(5)22-23-33(41-29(7)37)28(6)34(43-31(9)40-12-3)24-32(25-35(38)44-36)42-30(8)39-11-2/h19-23,27-28,30-34,36H,10-18,24-25H2,1-9H3/b20-19?,23-22+,26-21+. The first kappa shape index (κ1) is 40.0. The second kappa shape index (κ2) is 23.4. The molecule has 254 valence electrons. The molecule has 8 unspecified atom stereocenters. The maximum Gasteiger partial charge on any atom is 0.309 e. The Hall–Kier alpha value is -2.00. The second-order valence-electron chi connectivity index (χ2n) is 11.9. The molecule has 1 aliphatic rings. The lowest BCUT2D eigenvalue weighted by Crippen LogP contribution is -2.41. The lowest BCUT2D eigenvalue weighted by atomic mass is 9.89. The van der Waals surface area contributed by atoms with Crippen LogP contribution in [0.15, 0.2) is 36.0 Å². The zero-order chi connectivity index (χ0) is 32.9. The third kappa shape index (κ3) is 16.9. The van der Waals surface area contributed by atoms with Crippen molar-refractivity contribution in [2.75, 3.05) is 13.2 Å². The summed E-state index contributed by atoms with van der Waals surface area (Å²) in [4.78, 5) is 25.6. The molecule has 8 heteroatoms. The number of hydrogen-bond acceptors (Lipinski definition) is 8. The van der Waals surface area contributed by atoms with Crippen molar-refractivity contribution in [2.24, 2.45) is 11.8 Å². The highest BCUT2D eigenvalue weighted by molar-refractivity contribution is 5.70. The molecule has 0 saturated heterocycles. The quantitative estimate of drug-likeness (QED) is 0.0496. The minimum atomic E-state index is -0.559. The summed E-state index contributed by atoms with van der Waals surface area (Å²) in [6.07, 6.45) is 16.1. The Bertz CT molecular complexity index is 881. The van der Waals surface area contributed by atoms with E-state index in [1.54, 1.807) is 0 Å². The first-order chi connectivity index (χ1) is 21.0. The van der Waals surface area contributed by atoms with Gasteiger partial charge in [-0.1, -0.05) is 77.2 Å². The number of hydrogen-bond donors (Lipinski definition) is 0.